The van der Waals surface area contributed by atoms with Crippen molar-refractivity contribution in [2.45, 2.75) is 24.4 Å². The molecule has 1 fully saturated rings. The van der Waals surface area contributed by atoms with Crippen molar-refractivity contribution >= 4 is 26.0 Å². The highest BCUT2D eigenvalue weighted by molar-refractivity contribution is 9.10. The quantitative estimate of drug-likeness (QED) is 0.879. The molecule has 0 amide bonds. The number of rotatable bonds is 3. The number of sulfonamides is 1. The van der Waals surface area contributed by atoms with E-state index in [-0.39, 0.29) is 6.04 Å². The van der Waals surface area contributed by atoms with Crippen molar-refractivity contribution in [3.63, 3.8) is 0 Å². The lowest BCUT2D eigenvalue weighted by Gasteiger charge is -2.37. The molecule has 0 aliphatic carbocycles. The van der Waals surface area contributed by atoms with Gasteiger partial charge in [0.05, 0.1) is 4.90 Å². The molecule has 0 aromatic heterocycles. The second kappa shape index (κ2) is 6.11. The summed E-state index contributed by atoms with van der Waals surface area (Å²) >= 11 is 3.33. The third kappa shape index (κ3) is 3.07. The lowest BCUT2D eigenvalue weighted by atomic mass is 10.2. The average Bonchev–Trinajstić information content (AvgIpc) is 2.42. The van der Waals surface area contributed by atoms with E-state index in [1.165, 1.54) is 0 Å². The van der Waals surface area contributed by atoms with E-state index in [0.29, 0.717) is 29.0 Å². The predicted octanol–water partition coefficient (Wildman–Crippen LogP) is 1.23. The van der Waals surface area contributed by atoms with Crippen molar-refractivity contribution in [2.24, 2.45) is 5.73 Å². The Morgan fingerprint density at radius 2 is 2.10 bits per heavy atom. The third-order valence-corrected chi connectivity index (χ3v) is 6.63. The van der Waals surface area contributed by atoms with Crippen LogP contribution in [0.4, 0.5) is 0 Å². The maximum Gasteiger partial charge on any atom is 0.244 e. The third-order valence-electron chi connectivity index (χ3n) is 3.77. The first-order chi connectivity index (χ1) is 9.36. The van der Waals surface area contributed by atoms with Crippen LogP contribution in [0, 0.1) is 0 Å². The molecule has 7 heteroatoms. The molecule has 1 unspecified atom stereocenters. The van der Waals surface area contributed by atoms with Gasteiger partial charge in [-0.15, -0.1) is 0 Å². The molecule has 2 rings (SSSR count). The molecule has 0 bridgehead atoms. The standard InChI is InChI=1S/C13H20BrN3O2S/c1-10-9-17(6-5-16(10)2)20(18,19)13-7-11(8-15)3-4-12(13)14/h3-4,7,10H,5-6,8-9,15H2,1-2H3. The molecular formula is C13H20BrN3O2S. The maximum atomic E-state index is 12.8. The molecule has 20 heavy (non-hydrogen) atoms. The summed E-state index contributed by atoms with van der Waals surface area (Å²) in [7, 11) is -1.46. The Hall–Kier alpha value is -0.470. The lowest BCUT2D eigenvalue weighted by Crippen LogP contribution is -2.51. The van der Waals surface area contributed by atoms with Gasteiger partial charge in [-0.3, -0.25) is 0 Å². The summed E-state index contributed by atoms with van der Waals surface area (Å²) in [6.45, 7) is 4.14. The number of nitrogens with zero attached hydrogens (tertiary/aromatic N) is 2. The van der Waals surface area contributed by atoms with Crippen molar-refractivity contribution in [3.05, 3.63) is 28.2 Å². The number of benzene rings is 1. The number of hydrogen-bond acceptors (Lipinski definition) is 4. The van der Waals surface area contributed by atoms with Crippen LogP contribution in [0.2, 0.25) is 0 Å². The van der Waals surface area contributed by atoms with Crippen LogP contribution in [0.5, 0.6) is 0 Å². The van der Waals surface area contributed by atoms with Crippen LogP contribution < -0.4 is 5.73 Å². The number of piperazine rings is 1. The Balaban J connectivity index is 2.35. The molecule has 1 saturated heterocycles. The molecule has 1 aromatic rings. The Morgan fingerprint density at radius 1 is 1.40 bits per heavy atom. The van der Waals surface area contributed by atoms with Crippen molar-refractivity contribution in [1.82, 2.24) is 9.21 Å². The van der Waals surface area contributed by atoms with Gasteiger partial charge >= 0.3 is 0 Å². The lowest BCUT2D eigenvalue weighted by molar-refractivity contribution is 0.159. The van der Waals surface area contributed by atoms with E-state index in [1.54, 1.807) is 16.4 Å². The zero-order chi connectivity index (χ0) is 14.9. The molecule has 112 valence electrons. The van der Waals surface area contributed by atoms with Crippen LogP contribution in [0.3, 0.4) is 0 Å². The minimum absolute atomic E-state index is 0.218. The van der Waals surface area contributed by atoms with Gasteiger partial charge in [-0.1, -0.05) is 6.07 Å². The van der Waals surface area contributed by atoms with E-state index >= 15 is 0 Å². The van der Waals surface area contributed by atoms with Crippen molar-refractivity contribution < 1.29 is 8.42 Å². The molecule has 1 aromatic carbocycles. The summed E-state index contributed by atoms with van der Waals surface area (Å²) in [5.41, 5.74) is 6.41. The van der Waals surface area contributed by atoms with E-state index in [2.05, 4.69) is 20.8 Å². The first-order valence-electron chi connectivity index (χ1n) is 6.55. The summed E-state index contributed by atoms with van der Waals surface area (Å²) < 4.78 is 27.7. The summed E-state index contributed by atoms with van der Waals surface area (Å²) in [5.74, 6) is 0. The fraction of sp³-hybridized carbons (Fsp3) is 0.538. The number of halogens is 1. The molecular weight excluding hydrogens is 342 g/mol. The number of likely N-dealkylation sites (N-methyl/N-ethyl adjacent to an activating group) is 1. The molecule has 2 N–H and O–H groups in total. The van der Waals surface area contributed by atoms with E-state index in [0.717, 1.165) is 12.1 Å². The van der Waals surface area contributed by atoms with Gasteiger partial charge in [-0.05, 0) is 47.6 Å². The minimum Gasteiger partial charge on any atom is -0.326 e. The highest BCUT2D eigenvalue weighted by Gasteiger charge is 2.32. The van der Waals surface area contributed by atoms with Gasteiger partial charge < -0.3 is 10.6 Å². The average molecular weight is 362 g/mol. The fourth-order valence-electron chi connectivity index (χ4n) is 2.24. The van der Waals surface area contributed by atoms with Gasteiger partial charge in [0, 0.05) is 36.7 Å². The van der Waals surface area contributed by atoms with Gasteiger partial charge in [-0.25, -0.2) is 8.42 Å². The Morgan fingerprint density at radius 3 is 2.70 bits per heavy atom. The highest BCUT2D eigenvalue weighted by Crippen LogP contribution is 2.27. The normalized spacial score (nSPS) is 22.1. The molecule has 1 atom stereocenters. The second-order valence-electron chi connectivity index (χ2n) is 5.16. The smallest absolute Gasteiger partial charge is 0.244 e. The predicted molar refractivity (Wildman–Crippen MR) is 82.9 cm³/mol. The van der Waals surface area contributed by atoms with Gasteiger partial charge in [0.15, 0.2) is 0 Å². The van der Waals surface area contributed by atoms with E-state index < -0.39 is 10.0 Å². The van der Waals surface area contributed by atoms with Crippen LogP contribution in [0.25, 0.3) is 0 Å². The van der Waals surface area contributed by atoms with Gasteiger partial charge in [0.1, 0.15) is 0 Å². The van der Waals surface area contributed by atoms with E-state index in [9.17, 15) is 8.42 Å². The van der Waals surface area contributed by atoms with Gasteiger partial charge in [-0.2, -0.15) is 4.31 Å². The second-order valence-corrected chi connectivity index (χ2v) is 7.92. The highest BCUT2D eigenvalue weighted by atomic mass is 79.9. The SMILES string of the molecule is CC1CN(S(=O)(=O)c2cc(CN)ccc2Br)CCN1C. The number of nitrogens with two attached hydrogens (primary N) is 1. The van der Waals surface area contributed by atoms with Crippen LogP contribution in [-0.2, 0) is 16.6 Å². The summed E-state index contributed by atoms with van der Waals surface area (Å²) in [6, 6.07) is 5.45. The molecule has 1 aliphatic rings. The largest absolute Gasteiger partial charge is 0.326 e. The van der Waals surface area contributed by atoms with E-state index in [4.69, 9.17) is 5.73 Å². The van der Waals surface area contributed by atoms with Crippen LogP contribution in [0.1, 0.15) is 12.5 Å². The van der Waals surface area contributed by atoms with Crippen LogP contribution in [0.15, 0.2) is 27.6 Å². The summed E-state index contributed by atoms with van der Waals surface area (Å²) in [4.78, 5) is 2.47. The number of hydrogen-bond donors (Lipinski definition) is 1. The van der Waals surface area contributed by atoms with E-state index in [1.807, 2.05) is 20.0 Å². The summed E-state index contributed by atoms with van der Waals surface area (Å²) in [6.07, 6.45) is 0. The Labute approximate surface area is 128 Å². The van der Waals surface area contributed by atoms with Crippen molar-refractivity contribution in [3.8, 4) is 0 Å². The molecule has 0 radical (unpaired) electrons. The zero-order valence-electron chi connectivity index (χ0n) is 11.7. The zero-order valence-corrected chi connectivity index (χ0v) is 14.1. The first kappa shape index (κ1) is 15.9. The molecule has 0 saturated carbocycles. The van der Waals surface area contributed by atoms with Gasteiger partial charge in [0.25, 0.3) is 0 Å². The van der Waals surface area contributed by atoms with Crippen molar-refractivity contribution in [2.75, 3.05) is 26.7 Å². The monoisotopic (exact) mass is 361 g/mol. The van der Waals surface area contributed by atoms with Crippen LogP contribution in [-0.4, -0.2) is 50.3 Å². The van der Waals surface area contributed by atoms with Gasteiger partial charge in [0.2, 0.25) is 10.0 Å². The minimum atomic E-state index is -3.48. The molecule has 5 nitrogen and oxygen atoms in total. The maximum absolute atomic E-state index is 12.8. The van der Waals surface area contributed by atoms with Crippen LogP contribution >= 0.6 is 15.9 Å². The molecule has 1 heterocycles. The molecule has 0 spiro atoms. The Bertz CT molecular complexity index is 591. The first-order valence-corrected chi connectivity index (χ1v) is 8.78. The Kier molecular flexibility index (Phi) is 4.86. The fourth-order valence-corrected chi connectivity index (χ4v) is 4.73. The van der Waals surface area contributed by atoms with Crippen molar-refractivity contribution in [1.29, 1.82) is 0 Å². The molecule has 1 aliphatic heterocycles. The topological polar surface area (TPSA) is 66.6 Å². The summed E-state index contributed by atoms with van der Waals surface area (Å²) in [5, 5.41) is 0.